The Balaban J connectivity index is 2.75. The van der Waals surface area contributed by atoms with Crippen molar-refractivity contribution in [3.63, 3.8) is 0 Å². The molecule has 1 heterocycles. The van der Waals surface area contributed by atoms with Gasteiger partial charge in [0.15, 0.2) is 0 Å². The van der Waals surface area contributed by atoms with E-state index in [0.29, 0.717) is 0 Å². The minimum absolute atomic E-state index is 0.00254. The molecule has 0 spiro atoms. The molecule has 2 nitrogen and oxygen atoms in total. The summed E-state index contributed by atoms with van der Waals surface area (Å²) in [6.45, 7) is 18.1. The van der Waals surface area contributed by atoms with Gasteiger partial charge in [0.25, 0.3) is 0 Å². The van der Waals surface area contributed by atoms with Crippen LogP contribution >= 0.6 is 0 Å². The lowest BCUT2D eigenvalue weighted by Gasteiger charge is -2.36. The van der Waals surface area contributed by atoms with Crippen molar-refractivity contribution in [2.24, 2.45) is 0 Å². The van der Waals surface area contributed by atoms with Crippen LogP contribution in [0.25, 0.3) is 0 Å². The summed E-state index contributed by atoms with van der Waals surface area (Å²) in [6.07, 6.45) is 3.61. The Morgan fingerprint density at radius 1 is 0.900 bits per heavy atom. The third-order valence-electron chi connectivity index (χ3n) is 4.26. The number of hydrogen-bond donors (Lipinski definition) is 0. The monoisotopic (exact) mass is 274 g/mol. The Morgan fingerprint density at radius 2 is 1.50 bits per heavy atom. The Morgan fingerprint density at radius 3 is 2.00 bits per heavy atom. The predicted octanol–water partition coefficient (Wildman–Crippen LogP) is 4.69. The van der Waals surface area contributed by atoms with Crippen LogP contribution in [-0.4, -0.2) is 9.97 Å². The van der Waals surface area contributed by atoms with Crippen LogP contribution in [0.3, 0.4) is 0 Å². The summed E-state index contributed by atoms with van der Waals surface area (Å²) in [4.78, 5) is 9.98. The van der Waals surface area contributed by atoms with Gasteiger partial charge in [0, 0.05) is 16.2 Å². The number of rotatable bonds is 0. The van der Waals surface area contributed by atoms with Crippen molar-refractivity contribution in [3.05, 3.63) is 22.8 Å². The van der Waals surface area contributed by atoms with E-state index in [2.05, 4.69) is 55.4 Å². The van der Waals surface area contributed by atoms with Crippen molar-refractivity contribution in [2.75, 3.05) is 0 Å². The molecule has 2 heteroatoms. The summed E-state index contributed by atoms with van der Waals surface area (Å²) in [5, 5.41) is 0. The second-order valence-electron chi connectivity index (χ2n) is 8.96. The Hall–Kier alpha value is -0.920. The molecule has 112 valence electrons. The number of nitrogens with zero attached hydrogens (tertiary/aromatic N) is 2. The molecule has 1 aliphatic carbocycles. The lowest BCUT2D eigenvalue weighted by Crippen LogP contribution is -2.33. The van der Waals surface area contributed by atoms with Gasteiger partial charge in [0.05, 0.1) is 11.4 Å². The summed E-state index contributed by atoms with van der Waals surface area (Å²) in [5.74, 6) is 0.996. The lowest BCUT2D eigenvalue weighted by molar-refractivity contribution is 0.396. The largest absolute Gasteiger partial charge is 0.237 e. The molecular weight excluding hydrogens is 244 g/mol. The fraction of sp³-hybridized carbons (Fsp3) is 0.778. The maximum Gasteiger partial charge on any atom is 0.134 e. The van der Waals surface area contributed by atoms with Gasteiger partial charge in [-0.25, -0.2) is 9.97 Å². The third kappa shape index (κ3) is 2.75. The van der Waals surface area contributed by atoms with E-state index in [1.54, 1.807) is 0 Å². The van der Waals surface area contributed by atoms with Crippen LogP contribution < -0.4 is 0 Å². The SMILES string of the molecule is CC(C)(C)c1nc(C(C)(C)C)c2c(n1)C(C)(C)CCC2. The molecule has 20 heavy (non-hydrogen) atoms. The molecule has 1 aromatic rings. The van der Waals surface area contributed by atoms with Crippen molar-refractivity contribution < 1.29 is 0 Å². The van der Waals surface area contributed by atoms with Crippen molar-refractivity contribution in [2.45, 2.75) is 90.9 Å². The summed E-state index contributed by atoms with van der Waals surface area (Å²) in [6, 6.07) is 0. The topological polar surface area (TPSA) is 25.8 Å². The van der Waals surface area contributed by atoms with Gasteiger partial charge in [-0.3, -0.25) is 0 Å². The molecule has 1 aromatic heterocycles. The van der Waals surface area contributed by atoms with E-state index in [1.807, 2.05) is 0 Å². The fourth-order valence-electron chi connectivity index (χ4n) is 3.06. The Bertz CT molecular complexity index is 496. The van der Waals surface area contributed by atoms with Gasteiger partial charge >= 0.3 is 0 Å². The minimum atomic E-state index is 0.00254. The second-order valence-corrected chi connectivity index (χ2v) is 8.96. The van der Waals surface area contributed by atoms with Crippen LogP contribution in [0.1, 0.15) is 91.0 Å². The van der Waals surface area contributed by atoms with Crippen LogP contribution in [0.5, 0.6) is 0 Å². The molecular formula is C18H30N2. The first-order valence-corrected chi connectivity index (χ1v) is 7.85. The van der Waals surface area contributed by atoms with Gasteiger partial charge in [-0.15, -0.1) is 0 Å². The molecule has 0 bridgehead atoms. The van der Waals surface area contributed by atoms with Crippen LogP contribution in [0.2, 0.25) is 0 Å². The molecule has 0 amide bonds. The highest BCUT2D eigenvalue weighted by atomic mass is 14.9. The zero-order valence-corrected chi connectivity index (χ0v) is 14.5. The second kappa shape index (κ2) is 4.54. The Kier molecular flexibility index (Phi) is 3.51. The number of aromatic nitrogens is 2. The summed E-state index contributed by atoms with van der Waals surface area (Å²) in [7, 11) is 0. The number of fused-ring (bicyclic) bond motifs is 1. The maximum atomic E-state index is 5.00. The quantitative estimate of drug-likeness (QED) is 0.686. The van der Waals surface area contributed by atoms with Crippen molar-refractivity contribution >= 4 is 0 Å². The van der Waals surface area contributed by atoms with Crippen LogP contribution in [0.15, 0.2) is 0 Å². The lowest BCUT2D eigenvalue weighted by atomic mass is 9.72. The van der Waals surface area contributed by atoms with Gasteiger partial charge in [0.1, 0.15) is 5.82 Å². The van der Waals surface area contributed by atoms with Gasteiger partial charge in [-0.05, 0) is 24.8 Å². The molecule has 0 fully saturated rings. The van der Waals surface area contributed by atoms with E-state index in [-0.39, 0.29) is 16.2 Å². The smallest absolute Gasteiger partial charge is 0.134 e. The highest BCUT2D eigenvalue weighted by Gasteiger charge is 2.35. The standard InChI is InChI=1S/C18H30N2/c1-16(2,3)13-12-10-9-11-18(7,8)14(12)20-15(19-13)17(4,5)6/h9-11H2,1-8H3. The van der Waals surface area contributed by atoms with Gasteiger partial charge in [-0.1, -0.05) is 55.4 Å². The summed E-state index contributed by atoms with van der Waals surface area (Å²) >= 11 is 0. The van der Waals surface area contributed by atoms with E-state index in [1.165, 1.54) is 29.8 Å². The first-order chi connectivity index (χ1) is 8.93. The average molecular weight is 274 g/mol. The molecule has 0 unspecified atom stereocenters. The number of hydrogen-bond acceptors (Lipinski definition) is 2. The molecule has 0 aliphatic heterocycles. The van der Waals surface area contributed by atoms with E-state index in [4.69, 9.17) is 9.97 Å². The molecule has 0 saturated carbocycles. The van der Waals surface area contributed by atoms with Crippen LogP contribution in [0, 0.1) is 0 Å². The van der Waals surface area contributed by atoms with E-state index >= 15 is 0 Å². The molecule has 1 aliphatic rings. The van der Waals surface area contributed by atoms with E-state index in [9.17, 15) is 0 Å². The van der Waals surface area contributed by atoms with Gasteiger partial charge in [0.2, 0.25) is 0 Å². The normalized spacial score (nSPS) is 18.8. The first-order valence-electron chi connectivity index (χ1n) is 7.85. The molecule has 0 saturated heterocycles. The highest BCUT2D eigenvalue weighted by molar-refractivity contribution is 5.37. The average Bonchev–Trinajstić information content (AvgIpc) is 2.24. The minimum Gasteiger partial charge on any atom is -0.237 e. The molecule has 0 aromatic carbocycles. The maximum absolute atomic E-state index is 5.00. The van der Waals surface area contributed by atoms with Crippen molar-refractivity contribution in [3.8, 4) is 0 Å². The molecule has 0 atom stereocenters. The third-order valence-corrected chi connectivity index (χ3v) is 4.26. The molecule has 2 rings (SSSR count). The van der Waals surface area contributed by atoms with Crippen LogP contribution in [-0.2, 0) is 22.7 Å². The Labute approximate surface area is 124 Å². The molecule has 0 N–H and O–H groups in total. The predicted molar refractivity (Wildman–Crippen MR) is 85.4 cm³/mol. The summed E-state index contributed by atoms with van der Waals surface area (Å²) in [5.41, 5.74) is 4.25. The van der Waals surface area contributed by atoms with Crippen molar-refractivity contribution in [1.29, 1.82) is 0 Å². The van der Waals surface area contributed by atoms with E-state index in [0.717, 1.165) is 12.2 Å². The fourth-order valence-corrected chi connectivity index (χ4v) is 3.06. The highest BCUT2D eigenvalue weighted by Crippen LogP contribution is 2.40. The molecule has 0 radical (unpaired) electrons. The van der Waals surface area contributed by atoms with Crippen molar-refractivity contribution in [1.82, 2.24) is 9.97 Å². The van der Waals surface area contributed by atoms with Gasteiger partial charge in [-0.2, -0.15) is 0 Å². The zero-order valence-electron chi connectivity index (χ0n) is 14.5. The van der Waals surface area contributed by atoms with Gasteiger partial charge < -0.3 is 0 Å². The van der Waals surface area contributed by atoms with Crippen LogP contribution in [0.4, 0.5) is 0 Å². The zero-order chi connectivity index (χ0) is 15.3. The summed E-state index contributed by atoms with van der Waals surface area (Å²) < 4.78 is 0. The van der Waals surface area contributed by atoms with E-state index < -0.39 is 0 Å². The first kappa shape index (κ1) is 15.5.